The van der Waals surface area contributed by atoms with Gasteiger partial charge in [0, 0.05) is 31.5 Å². The van der Waals surface area contributed by atoms with Crippen molar-refractivity contribution in [3.8, 4) is 5.69 Å². The van der Waals surface area contributed by atoms with Gasteiger partial charge in [-0.1, -0.05) is 24.6 Å². The zero-order chi connectivity index (χ0) is 22.7. The van der Waals surface area contributed by atoms with Crippen LogP contribution in [0.4, 0.5) is 0 Å². The lowest BCUT2D eigenvalue weighted by molar-refractivity contribution is 0.0946. The Morgan fingerprint density at radius 1 is 1.00 bits per heavy atom. The molecule has 0 bridgehead atoms. The summed E-state index contributed by atoms with van der Waals surface area (Å²) in [5.74, 6) is -0.258. The van der Waals surface area contributed by atoms with Gasteiger partial charge in [0.1, 0.15) is 12.0 Å². The number of aromatic nitrogens is 2. The number of hydrogen-bond acceptors (Lipinski definition) is 4. The molecule has 32 heavy (non-hydrogen) atoms. The maximum absolute atomic E-state index is 12.8. The number of carbonyl (C=O) groups is 1. The highest BCUT2D eigenvalue weighted by Crippen LogP contribution is 2.22. The molecule has 0 saturated carbocycles. The third kappa shape index (κ3) is 4.76. The molecule has 0 radical (unpaired) electrons. The summed E-state index contributed by atoms with van der Waals surface area (Å²) < 4.78 is 28.9. The monoisotopic (exact) mass is 452 g/mol. The van der Waals surface area contributed by atoms with Gasteiger partial charge >= 0.3 is 0 Å². The zero-order valence-electron chi connectivity index (χ0n) is 18.4. The lowest BCUT2D eigenvalue weighted by atomic mass is 10.1. The van der Waals surface area contributed by atoms with E-state index in [1.807, 2.05) is 19.1 Å². The van der Waals surface area contributed by atoms with E-state index in [1.54, 1.807) is 45.7 Å². The Morgan fingerprint density at radius 3 is 2.41 bits per heavy atom. The number of hydrogen-bond donors (Lipinski definition) is 1. The van der Waals surface area contributed by atoms with Crippen molar-refractivity contribution in [1.82, 2.24) is 19.2 Å². The van der Waals surface area contributed by atoms with Crippen LogP contribution in [0.25, 0.3) is 5.69 Å². The van der Waals surface area contributed by atoms with Gasteiger partial charge in [0.2, 0.25) is 10.0 Å². The molecule has 2 heterocycles. The normalized spacial score (nSPS) is 14.9. The van der Waals surface area contributed by atoms with Gasteiger partial charge in [-0.25, -0.2) is 13.4 Å². The number of aryl methyl sites for hydroxylation is 2. The van der Waals surface area contributed by atoms with Gasteiger partial charge in [-0.15, -0.1) is 0 Å². The minimum Gasteiger partial charge on any atom is -0.347 e. The molecule has 1 fully saturated rings. The first-order valence-corrected chi connectivity index (χ1v) is 12.3. The van der Waals surface area contributed by atoms with Gasteiger partial charge in [0.15, 0.2) is 0 Å². The number of carbonyl (C=O) groups excluding carboxylic acids is 1. The summed E-state index contributed by atoms with van der Waals surface area (Å²) in [7, 11) is -3.46. The maximum Gasteiger partial charge on any atom is 0.271 e. The van der Waals surface area contributed by atoms with Crippen LogP contribution in [-0.4, -0.2) is 41.3 Å². The smallest absolute Gasteiger partial charge is 0.271 e. The van der Waals surface area contributed by atoms with E-state index in [4.69, 9.17) is 0 Å². The zero-order valence-corrected chi connectivity index (χ0v) is 19.2. The van der Waals surface area contributed by atoms with E-state index in [2.05, 4.69) is 23.3 Å². The Hall–Kier alpha value is -2.97. The Kier molecular flexibility index (Phi) is 6.43. The molecule has 0 atom stereocenters. The van der Waals surface area contributed by atoms with Crippen molar-refractivity contribution < 1.29 is 13.2 Å². The van der Waals surface area contributed by atoms with Crippen LogP contribution in [0.2, 0.25) is 0 Å². The van der Waals surface area contributed by atoms with Gasteiger partial charge < -0.3 is 9.88 Å². The second kappa shape index (κ2) is 9.26. The quantitative estimate of drug-likeness (QED) is 0.619. The van der Waals surface area contributed by atoms with Gasteiger partial charge in [-0.2, -0.15) is 4.31 Å². The van der Waals surface area contributed by atoms with Crippen LogP contribution in [0, 0.1) is 13.8 Å². The third-order valence-corrected chi connectivity index (χ3v) is 7.84. The molecule has 1 saturated heterocycles. The van der Waals surface area contributed by atoms with Crippen molar-refractivity contribution in [2.24, 2.45) is 0 Å². The number of rotatable bonds is 6. The van der Waals surface area contributed by atoms with Crippen LogP contribution in [0.5, 0.6) is 0 Å². The van der Waals surface area contributed by atoms with Crippen molar-refractivity contribution in [2.75, 3.05) is 13.1 Å². The van der Waals surface area contributed by atoms with Crippen molar-refractivity contribution in [3.63, 3.8) is 0 Å². The first kappa shape index (κ1) is 22.2. The topological polar surface area (TPSA) is 84.3 Å². The molecule has 0 aliphatic carbocycles. The lowest BCUT2D eigenvalue weighted by Crippen LogP contribution is -2.35. The van der Waals surface area contributed by atoms with Crippen LogP contribution in [-0.2, 0) is 16.6 Å². The van der Waals surface area contributed by atoms with E-state index < -0.39 is 10.0 Å². The number of amides is 1. The molecule has 7 nitrogen and oxygen atoms in total. The van der Waals surface area contributed by atoms with Gasteiger partial charge in [-0.05, 0) is 67.6 Å². The average molecular weight is 453 g/mol. The van der Waals surface area contributed by atoms with Crippen LogP contribution >= 0.6 is 0 Å². The fourth-order valence-electron chi connectivity index (χ4n) is 3.81. The fraction of sp³-hybridized carbons (Fsp3) is 0.333. The van der Waals surface area contributed by atoms with Gasteiger partial charge in [0.05, 0.1) is 4.90 Å². The Morgan fingerprint density at radius 2 is 1.72 bits per heavy atom. The molecule has 168 valence electrons. The summed E-state index contributed by atoms with van der Waals surface area (Å²) in [4.78, 5) is 17.0. The molecule has 2 aromatic carbocycles. The molecule has 4 rings (SSSR count). The second-order valence-electron chi connectivity index (χ2n) is 8.23. The summed E-state index contributed by atoms with van der Waals surface area (Å²) in [6.07, 6.45) is 6.08. The highest BCUT2D eigenvalue weighted by Gasteiger charge is 2.25. The first-order chi connectivity index (χ1) is 15.3. The summed E-state index contributed by atoms with van der Waals surface area (Å²) in [5, 5.41) is 2.89. The summed E-state index contributed by atoms with van der Waals surface area (Å²) in [6.45, 7) is 5.68. The average Bonchev–Trinajstić information content (AvgIpc) is 3.31. The number of benzene rings is 2. The minimum absolute atomic E-state index is 0.258. The predicted molar refractivity (Wildman–Crippen MR) is 123 cm³/mol. The van der Waals surface area contributed by atoms with E-state index >= 15 is 0 Å². The van der Waals surface area contributed by atoms with Crippen LogP contribution in [0.1, 0.15) is 46.4 Å². The molecular weight excluding hydrogens is 424 g/mol. The highest BCUT2D eigenvalue weighted by molar-refractivity contribution is 7.89. The Labute approximate surface area is 189 Å². The molecule has 1 amide bonds. The largest absolute Gasteiger partial charge is 0.347 e. The number of imidazole rings is 1. The van der Waals surface area contributed by atoms with Crippen LogP contribution in [0.3, 0.4) is 0 Å². The minimum atomic E-state index is -3.46. The van der Waals surface area contributed by atoms with Crippen molar-refractivity contribution >= 4 is 15.9 Å². The standard InChI is InChI=1S/C24H28N4O3S/c1-18-6-7-20(14-19(18)2)15-25-24(29)23-16-27(17-26-23)21-8-10-22(11-9-21)32(30,31)28-12-4-3-5-13-28/h6-11,14,16-17H,3-5,12-13,15H2,1-2H3,(H,25,29). The fourth-order valence-corrected chi connectivity index (χ4v) is 5.33. The summed E-state index contributed by atoms with van der Waals surface area (Å²) in [6, 6.07) is 12.8. The number of sulfonamides is 1. The van der Waals surface area contributed by atoms with E-state index in [-0.39, 0.29) is 10.8 Å². The molecule has 3 aromatic rings. The van der Waals surface area contributed by atoms with Crippen molar-refractivity contribution in [3.05, 3.63) is 77.4 Å². The molecule has 1 aliphatic rings. The Bertz CT molecular complexity index is 1210. The van der Waals surface area contributed by atoms with Crippen molar-refractivity contribution in [2.45, 2.75) is 44.6 Å². The molecule has 8 heteroatoms. The Balaban J connectivity index is 1.42. The van der Waals surface area contributed by atoms with E-state index in [0.717, 1.165) is 30.5 Å². The van der Waals surface area contributed by atoms with Crippen LogP contribution in [0.15, 0.2) is 59.9 Å². The van der Waals surface area contributed by atoms with E-state index in [9.17, 15) is 13.2 Å². The molecule has 0 unspecified atom stereocenters. The van der Waals surface area contributed by atoms with Gasteiger partial charge in [0.25, 0.3) is 5.91 Å². The molecule has 1 aliphatic heterocycles. The number of nitrogens with one attached hydrogen (secondary N) is 1. The molecule has 1 aromatic heterocycles. The van der Waals surface area contributed by atoms with E-state index in [0.29, 0.717) is 25.3 Å². The summed E-state index contributed by atoms with van der Waals surface area (Å²) in [5.41, 5.74) is 4.48. The number of piperidine rings is 1. The third-order valence-electron chi connectivity index (χ3n) is 5.93. The molecular formula is C24H28N4O3S. The maximum atomic E-state index is 12.8. The lowest BCUT2D eigenvalue weighted by Gasteiger charge is -2.25. The van der Waals surface area contributed by atoms with E-state index in [1.165, 1.54) is 11.1 Å². The first-order valence-electron chi connectivity index (χ1n) is 10.8. The van der Waals surface area contributed by atoms with Crippen molar-refractivity contribution in [1.29, 1.82) is 0 Å². The van der Waals surface area contributed by atoms with Crippen LogP contribution < -0.4 is 5.32 Å². The number of nitrogens with zero attached hydrogens (tertiary/aromatic N) is 3. The second-order valence-corrected chi connectivity index (χ2v) is 10.2. The predicted octanol–water partition coefficient (Wildman–Crippen LogP) is 3.59. The van der Waals surface area contributed by atoms with Gasteiger partial charge in [-0.3, -0.25) is 4.79 Å². The SMILES string of the molecule is Cc1ccc(CNC(=O)c2cn(-c3ccc(S(=O)(=O)N4CCCCC4)cc3)cn2)cc1C. The highest BCUT2D eigenvalue weighted by atomic mass is 32.2. The summed E-state index contributed by atoms with van der Waals surface area (Å²) >= 11 is 0. The molecule has 1 N–H and O–H groups in total. The molecule has 0 spiro atoms.